The van der Waals surface area contributed by atoms with Gasteiger partial charge in [0.2, 0.25) is 0 Å². The van der Waals surface area contributed by atoms with Crippen molar-refractivity contribution in [3.05, 3.63) is 63.7 Å². The highest BCUT2D eigenvalue weighted by Crippen LogP contribution is 2.28. The molecule has 0 aromatic heterocycles. The maximum atomic E-state index is 8.85. The second kappa shape index (κ2) is 5.98. The van der Waals surface area contributed by atoms with Crippen LogP contribution in [0.4, 0.5) is 5.69 Å². The largest absolute Gasteiger partial charge is 0.377 e. The third kappa shape index (κ3) is 3.12. The van der Waals surface area contributed by atoms with Gasteiger partial charge in [0.25, 0.3) is 0 Å². The Kier molecular flexibility index (Phi) is 4.32. The van der Waals surface area contributed by atoms with Crippen molar-refractivity contribution in [1.29, 1.82) is 5.26 Å². The van der Waals surface area contributed by atoms with E-state index in [1.807, 2.05) is 6.07 Å². The molecule has 0 radical (unpaired) electrons. The van der Waals surface area contributed by atoms with Gasteiger partial charge in [-0.05, 0) is 50.1 Å². The summed E-state index contributed by atoms with van der Waals surface area (Å²) in [5.74, 6) is 0. The molecule has 2 nitrogen and oxygen atoms in total. The number of halogens is 1. The van der Waals surface area contributed by atoms with Crippen molar-refractivity contribution >= 4 is 17.3 Å². The zero-order valence-electron chi connectivity index (χ0n) is 11.9. The van der Waals surface area contributed by atoms with Crippen LogP contribution in [0.25, 0.3) is 0 Å². The van der Waals surface area contributed by atoms with E-state index in [0.717, 1.165) is 5.69 Å². The fourth-order valence-electron chi connectivity index (χ4n) is 2.32. The molecule has 0 bridgehead atoms. The number of nitriles is 1. The van der Waals surface area contributed by atoms with Gasteiger partial charge in [0.05, 0.1) is 22.3 Å². The average molecular weight is 285 g/mol. The van der Waals surface area contributed by atoms with Gasteiger partial charge in [0, 0.05) is 6.04 Å². The van der Waals surface area contributed by atoms with Crippen LogP contribution in [0.15, 0.2) is 36.4 Å². The van der Waals surface area contributed by atoms with Crippen LogP contribution in [0.3, 0.4) is 0 Å². The number of aryl methyl sites for hydroxylation is 2. The van der Waals surface area contributed by atoms with Crippen molar-refractivity contribution in [2.75, 3.05) is 5.32 Å². The van der Waals surface area contributed by atoms with Crippen molar-refractivity contribution in [3.63, 3.8) is 0 Å². The second-order valence-corrected chi connectivity index (χ2v) is 5.44. The van der Waals surface area contributed by atoms with Crippen molar-refractivity contribution in [2.24, 2.45) is 0 Å². The van der Waals surface area contributed by atoms with E-state index in [-0.39, 0.29) is 6.04 Å². The molecule has 0 heterocycles. The molecule has 0 saturated carbocycles. The zero-order chi connectivity index (χ0) is 14.7. The predicted molar refractivity (Wildman–Crippen MR) is 84.1 cm³/mol. The molecule has 0 saturated heterocycles. The molecule has 0 spiro atoms. The molecule has 2 rings (SSSR count). The molecule has 0 amide bonds. The first-order valence-electron chi connectivity index (χ1n) is 6.54. The Morgan fingerprint density at radius 1 is 1.15 bits per heavy atom. The number of hydrogen-bond acceptors (Lipinski definition) is 2. The first-order chi connectivity index (χ1) is 9.51. The lowest BCUT2D eigenvalue weighted by molar-refractivity contribution is 0.873. The Balaban J connectivity index is 2.23. The molecule has 1 atom stereocenters. The second-order valence-electron chi connectivity index (χ2n) is 5.03. The third-order valence-electron chi connectivity index (χ3n) is 3.36. The molecule has 0 aliphatic carbocycles. The smallest absolute Gasteiger partial charge is 0.0992 e. The molecule has 102 valence electrons. The Hall–Kier alpha value is -1.98. The van der Waals surface area contributed by atoms with Gasteiger partial charge in [-0.2, -0.15) is 5.26 Å². The van der Waals surface area contributed by atoms with E-state index in [1.54, 1.807) is 12.1 Å². The van der Waals surface area contributed by atoms with Gasteiger partial charge in [-0.25, -0.2) is 0 Å². The van der Waals surface area contributed by atoms with Gasteiger partial charge in [-0.3, -0.25) is 0 Å². The van der Waals surface area contributed by atoms with Crippen LogP contribution in [0.1, 0.15) is 35.2 Å². The predicted octanol–water partition coefficient (Wildman–Crippen LogP) is 5.00. The SMILES string of the molecule is Cc1ccc(C(C)Nc2ccc(C#N)cc2Cl)c(C)c1. The first kappa shape index (κ1) is 14.4. The lowest BCUT2D eigenvalue weighted by atomic mass is 10.00. The molecule has 0 aliphatic heterocycles. The van der Waals surface area contributed by atoms with Gasteiger partial charge < -0.3 is 5.32 Å². The van der Waals surface area contributed by atoms with E-state index < -0.39 is 0 Å². The molecule has 1 N–H and O–H groups in total. The van der Waals surface area contributed by atoms with Gasteiger partial charge in [0.15, 0.2) is 0 Å². The summed E-state index contributed by atoms with van der Waals surface area (Å²) in [5, 5.41) is 12.8. The first-order valence-corrected chi connectivity index (χ1v) is 6.92. The molecule has 1 unspecified atom stereocenters. The Labute approximate surface area is 125 Å². The summed E-state index contributed by atoms with van der Waals surface area (Å²) >= 11 is 6.19. The van der Waals surface area contributed by atoms with Crippen LogP contribution >= 0.6 is 11.6 Å². The van der Waals surface area contributed by atoms with E-state index in [4.69, 9.17) is 16.9 Å². The quantitative estimate of drug-likeness (QED) is 0.861. The van der Waals surface area contributed by atoms with Crippen LogP contribution in [0, 0.1) is 25.2 Å². The number of rotatable bonds is 3. The van der Waals surface area contributed by atoms with Gasteiger partial charge in [-0.1, -0.05) is 35.4 Å². The van der Waals surface area contributed by atoms with E-state index in [2.05, 4.69) is 50.4 Å². The number of anilines is 1. The summed E-state index contributed by atoms with van der Waals surface area (Å²) in [6.45, 7) is 6.31. The molecule has 0 fully saturated rings. The summed E-state index contributed by atoms with van der Waals surface area (Å²) in [6.07, 6.45) is 0. The van der Waals surface area contributed by atoms with Crippen LogP contribution in [-0.2, 0) is 0 Å². The minimum absolute atomic E-state index is 0.154. The van der Waals surface area contributed by atoms with Crippen molar-refractivity contribution in [3.8, 4) is 6.07 Å². The molecule has 0 aliphatic rings. The average Bonchev–Trinajstić information content (AvgIpc) is 2.40. The van der Waals surface area contributed by atoms with Gasteiger partial charge >= 0.3 is 0 Å². The number of benzene rings is 2. The van der Waals surface area contributed by atoms with Crippen molar-refractivity contribution in [1.82, 2.24) is 0 Å². The van der Waals surface area contributed by atoms with Crippen LogP contribution in [-0.4, -0.2) is 0 Å². The van der Waals surface area contributed by atoms with Crippen molar-refractivity contribution in [2.45, 2.75) is 26.8 Å². The number of nitrogens with one attached hydrogen (secondary N) is 1. The molecule has 2 aromatic carbocycles. The molecular formula is C17H17ClN2. The molecular weight excluding hydrogens is 268 g/mol. The van der Waals surface area contributed by atoms with Gasteiger partial charge in [0.1, 0.15) is 0 Å². The highest BCUT2D eigenvalue weighted by molar-refractivity contribution is 6.33. The van der Waals surface area contributed by atoms with Crippen LogP contribution < -0.4 is 5.32 Å². The number of nitrogens with zero attached hydrogens (tertiary/aromatic N) is 1. The minimum atomic E-state index is 0.154. The Morgan fingerprint density at radius 3 is 2.50 bits per heavy atom. The highest BCUT2D eigenvalue weighted by atomic mass is 35.5. The maximum Gasteiger partial charge on any atom is 0.0992 e. The Bertz CT molecular complexity index is 671. The van der Waals surface area contributed by atoms with Gasteiger partial charge in [-0.15, -0.1) is 0 Å². The van der Waals surface area contributed by atoms with E-state index in [0.29, 0.717) is 10.6 Å². The maximum absolute atomic E-state index is 8.85. The highest BCUT2D eigenvalue weighted by Gasteiger charge is 2.10. The van der Waals surface area contributed by atoms with E-state index in [9.17, 15) is 0 Å². The summed E-state index contributed by atoms with van der Waals surface area (Å²) in [5.41, 5.74) is 5.18. The summed E-state index contributed by atoms with van der Waals surface area (Å²) in [4.78, 5) is 0. The lowest BCUT2D eigenvalue weighted by Crippen LogP contribution is -2.08. The Morgan fingerprint density at radius 2 is 1.90 bits per heavy atom. The van der Waals surface area contributed by atoms with Crippen LogP contribution in [0.2, 0.25) is 5.02 Å². The lowest BCUT2D eigenvalue weighted by Gasteiger charge is -2.19. The van der Waals surface area contributed by atoms with Crippen molar-refractivity contribution < 1.29 is 0 Å². The third-order valence-corrected chi connectivity index (χ3v) is 3.67. The molecule has 2 aromatic rings. The fourth-order valence-corrected chi connectivity index (χ4v) is 2.56. The monoisotopic (exact) mass is 284 g/mol. The molecule has 3 heteroatoms. The minimum Gasteiger partial charge on any atom is -0.377 e. The zero-order valence-corrected chi connectivity index (χ0v) is 12.6. The van der Waals surface area contributed by atoms with E-state index in [1.165, 1.54) is 16.7 Å². The van der Waals surface area contributed by atoms with Crippen LogP contribution in [0.5, 0.6) is 0 Å². The standard InChI is InChI=1S/C17H17ClN2/c1-11-4-6-15(12(2)8-11)13(3)20-17-7-5-14(10-19)9-16(17)18/h4-9,13,20H,1-3H3. The normalized spacial score (nSPS) is 11.8. The van der Waals surface area contributed by atoms with E-state index >= 15 is 0 Å². The topological polar surface area (TPSA) is 35.8 Å². The summed E-state index contributed by atoms with van der Waals surface area (Å²) in [6, 6.07) is 14.0. The number of hydrogen-bond donors (Lipinski definition) is 1. The summed E-state index contributed by atoms with van der Waals surface area (Å²) in [7, 11) is 0. The molecule has 20 heavy (non-hydrogen) atoms. The fraction of sp³-hybridized carbons (Fsp3) is 0.235. The summed E-state index contributed by atoms with van der Waals surface area (Å²) < 4.78 is 0.